The molecule has 0 saturated carbocycles. The van der Waals surface area contributed by atoms with E-state index in [9.17, 15) is 9.90 Å². The SMILES string of the molecule is COc1ccc(CNC(=O)NC[C@H](C)Cn2nc(C)cc2C)cc1O. The monoisotopic (exact) mass is 346 g/mol. The molecule has 7 heteroatoms. The fourth-order valence-electron chi connectivity index (χ4n) is 2.58. The second-order valence-electron chi connectivity index (χ2n) is 6.28. The molecule has 0 radical (unpaired) electrons. The van der Waals surface area contributed by atoms with Gasteiger partial charge in [0.15, 0.2) is 11.5 Å². The average molecular weight is 346 g/mol. The smallest absolute Gasteiger partial charge is 0.315 e. The number of nitrogens with one attached hydrogen (secondary N) is 2. The van der Waals surface area contributed by atoms with E-state index >= 15 is 0 Å². The van der Waals surface area contributed by atoms with Crippen molar-refractivity contribution in [3.63, 3.8) is 0 Å². The number of hydrogen-bond acceptors (Lipinski definition) is 4. The van der Waals surface area contributed by atoms with Gasteiger partial charge in [-0.05, 0) is 43.5 Å². The van der Waals surface area contributed by atoms with Gasteiger partial charge in [-0.3, -0.25) is 4.68 Å². The highest BCUT2D eigenvalue weighted by molar-refractivity contribution is 5.73. The van der Waals surface area contributed by atoms with Gasteiger partial charge in [-0.25, -0.2) is 4.79 Å². The summed E-state index contributed by atoms with van der Waals surface area (Å²) in [5.74, 6) is 0.723. The van der Waals surface area contributed by atoms with E-state index in [0.29, 0.717) is 18.8 Å². The van der Waals surface area contributed by atoms with Crippen molar-refractivity contribution in [3.05, 3.63) is 41.2 Å². The number of hydrogen-bond donors (Lipinski definition) is 3. The van der Waals surface area contributed by atoms with Crippen molar-refractivity contribution in [3.8, 4) is 11.5 Å². The standard InChI is InChI=1S/C18H26N4O3/c1-12(11-22-14(3)7-13(2)21-22)9-19-18(24)20-10-15-5-6-17(25-4)16(23)8-15/h5-8,12,23H,9-11H2,1-4H3,(H2,19,20,24)/t12-/m0/s1. The molecule has 0 aliphatic heterocycles. The van der Waals surface area contributed by atoms with Gasteiger partial charge in [-0.1, -0.05) is 13.0 Å². The van der Waals surface area contributed by atoms with Crippen molar-refractivity contribution in [2.45, 2.75) is 33.9 Å². The average Bonchev–Trinajstić information content (AvgIpc) is 2.88. The molecule has 1 atom stereocenters. The maximum absolute atomic E-state index is 11.9. The highest BCUT2D eigenvalue weighted by Gasteiger charge is 2.09. The summed E-state index contributed by atoms with van der Waals surface area (Å²) in [6, 6.07) is 6.84. The van der Waals surface area contributed by atoms with Crippen LogP contribution in [0.1, 0.15) is 23.9 Å². The quantitative estimate of drug-likeness (QED) is 0.718. The number of nitrogens with zero attached hydrogens (tertiary/aromatic N) is 2. The number of urea groups is 1. The number of phenols is 1. The van der Waals surface area contributed by atoms with Gasteiger partial charge in [0.25, 0.3) is 0 Å². The third-order valence-electron chi connectivity index (χ3n) is 3.90. The Morgan fingerprint density at radius 2 is 2.08 bits per heavy atom. The van der Waals surface area contributed by atoms with E-state index < -0.39 is 0 Å². The van der Waals surface area contributed by atoms with Gasteiger partial charge in [0.2, 0.25) is 0 Å². The van der Waals surface area contributed by atoms with Gasteiger partial charge in [-0.2, -0.15) is 5.10 Å². The molecule has 0 saturated heterocycles. The predicted molar refractivity (Wildman–Crippen MR) is 95.8 cm³/mol. The first-order valence-electron chi connectivity index (χ1n) is 8.27. The summed E-state index contributed by atoms with van der Waals surface area (Å²) in [6.07, 6.45) is 0. The minimum absolute atomic E-state index is 0.0562. The maximum atomic E-state index is 11.9. The van der Waals surface area contributed by atoms with Crippen LogP contribution < -0.4 is 15.4 Å². The minimum atomic E-state index is -0.240. The molecule has 2 aromatic rings. The van der Waals surface area contributed by atoms with Crippen LogP contribution in [0.25, 0.3) is 0 Å². The number of aryl methyl sites for hydroxylation is 2. The normalized spacial score (nSPS) is 11.8. The third-order valence-corrected chi connectivity index (χ3v) is 3.90. The van der Waals surface area contributed by atoms with E-state index in [1.807, 2.05) is 24.6 Å². The molecule has 1 heterocycles. The topological polar surface area (TPSA) is 88.4 Å². The Hall–Kier alpha value is -2.70. The van der Waals surface area contributed by atoms with Crippen molar-refractivity contribution in [2.24, 2.45) is 5.92 Å². The molecule has 0 fully saturated rings. The number of aromatic hydroxyl groups is 1. The molecule has 1 aromatic carbocycles. The Balaban J connectivity index is 1.75. The molecule has 0 aliphatic rings. The number of phenolic OH excluding ortho intramolecular Hbond substituents is 1. The number of aromatic nitrogens is 2. The zero-order valence-corrected chi connectivity index (χ0v) is 15.2. The summed E-state index contributed by atoms with van der Waals surface area (Å²) in [6.45, 7) is 7.70. The molecule has 2 rings (SSSR count). The lowest BCUT2D eigenvalue weighted by Gasteiger charge is -2.14. The van der Waals surface area contributed by atoms with Gasteiger partial charge >= 0.3 is 6.03 Å². The first-order chi connectivity index (χ1) is 11.9. The van der Waals surface area contributed by atoms with E-state index in [4.69, 9.17) is 4.74 Å². The fourth-order valence-corrected chi connectivity index (χ4v) is 2.58. The summed E-state index contributed by atoms with van der Waals surface area (Å²) < 4.78 is 6.95. The Kier molecular flexibility index (Phi) is 6.27. The number of methoxy groups -OCH3 is 1. The summed E-state index contributed by atoms with van der Waals surface area (Å²) in [5, 5.41) is 19.8. The molecule has 136 valence electrons. The second-order valence-corrected chi connectivity index (χ2v) is 6.28. The van der Waals surface area contributed by atoms with E-state index in [0.717, 1.165) is 23.5 Å². The van der Waals surface area contributed by atoms with Gasteiger partial charge in [0.05, 0.1) is 12.8 Å². The van der Waals surface area contributed by atoms with Crippen LogP contribution in [0.3, 0.4) is 0 Å². The van der Waals surface area contributed by atoms with Crippen molar-refractivity contribution in [1.82, 2.24) is 20.4 Å². The zero-order chi connectivity index (χ0) is 18.4. The summed E-state index contributed by atoms with van der Waals surface area (Å²) in [4.78, 5) is 11.9. The van der Waals surface area contributed by atoms with Crippen LogP contribution in [-0.4, -0.2) is 34.6 Å². The maximum Gasteiger partial charge on any atom is 0.315 e. The molecule has 7 nitrogen and oxygen atoms in total. The Bertz CT molecular complexity index is 727. The highest BCUT2D eigenvalue weighted by atomic mass is 16.5. The lowest BCUT2D eigenvalue weighted by Crippen LogP contribution is -2.38. The molecule has 2 amide bonds. The number of carbonyl (C=O) groups is 1. The van der Waals surface area contributed by atoms with Crippen molar-refractivity contribution >= 4 is 6.03 Å². The van der Waals surface area contributed by atoms with E-state index in [1.54, 1.807) is 18.2 Å². The van der Waals surface area contributed by atoms with E-state index in [1.165, 1.54) is 7.11 Å². The van der Waals surface area contributed by atoms with Crippen LogP contribution in [0.15, 0.2) is 24.3 Å². The third kappa shape index (κ3) is 5.41. The van der Waals surface area contributed by atoms with Gasteiger partial charge < -0.3 is 20.5 Å². The molecule has 0 bridgehead atoms. The van der Waals surface area contributed by atoms with Gasteiger partial charge in [-0.15, -0.1) is 0 Å². The molecule has 0 aliphatic carbocycles. The summed E-state index contributed by atoms with van der Waals surface area (Å²) in [7, 11) is 1.49. The molecular weight excluding hydrogens is 320 g/mol. The predicted octanol–water partition coefficient (Wildman–Crippen LogP) is 2.35. The van der Waals surface area contributed by atoms with E-state index in [2.05, 4.69) is 22.7 Å². The lowest BCUT2D eigenvalue weighted by atomic mass is 10.2. The van der Waals surface area contributed by atoms with E-state index in [-0.39, 0.29) is 17.7 Å². The molecule has 3 N–H and O–H groups in total. The molecular formula is C18H26N4O3. The van der Waals surface area contributed by atoms with Gasteiger partial charge in [0, 0.05) is 25.3 Å². The first kappa shape index (κ1) is 18.6. The number of carbonyl (C=O) groups excluding carboxylic acids is 1. The van der Waals surface area contributed by atoms with Gasteiger partial charge in [0.1, 0.15) is 0 Å². The summed E-state index contributed by atoms with van der Waals surface area (Å²) >= 11 is 0. The molecule has 1 aromatic heterocycles. The second kappa shape index (κ2) is 8.41. The highest BCUT2D eigenvalue weighted by Crippen LogP contribution is 2.25. The Labute approximate surface area is 148 Å². The number of rotatable bonds is 7. The van der Waals surface area contributed by atoms with Crippen LogP contribution in [0, 0.1) is 19.8 Å². The van der Waals surface area contributed by atoms with Crippen LogP contribution in [-0.2, 0) is 13.1 Å². The zero-order valence-electron chi connectivity index (χ0n) is 15.2. The molecule has 0 unspecified atom stereocenters. The first-order valence-corrected chi connectivity index (χ1v) is 8.27. The molecule has 25 heavy (non-hydrogen) atoms. The number of ether oxygens (including phenoxy) is 1. The number of benzene rings is 1. The largest absolute Gasteiger partial charge is 0.504 e. The van der Waals surface area contributed by atoms with Crippen molar-refractivity contribution in [1.29, 1.82) is 0 Å². The lowest BCUT2D eigenvalue weighted by molar-refractivity contribution is 0.238. The van der Waals surface area contributed by atoms with Crippen molar-refractivity contribution < 1.29 is 14.6 Å². The Morgan fingerprint density at radius 3 is 2.68 bits per heavy atom. The van der Waals surface area contributed by atoms with Crippen LogP contribution in [0.5, 0.6) is 11.5 Å². The fraction of sp³-hybridized carbons (Fsp3) is 0.444. The van der Waals surface area contributed by atoms with Crippen LogP contribution in [0.2, 0.25) is 0 Å². The van der Waals surface area contributed by atoms with Crippen LogP contribution in [0.4, 0.5) is 4.79 Å². The minimum Gasteiger partial charge on any atom is -0.504 e. The van der Waals surface area contributed by atoms with Crippen molar-refractivity contribution in [2.75, 3.05) is 13.7 Å². The van der Waals surface area contributed by atoms with Crippen LogP contribution >= 0.6 is 0 Å². The summed E-state index contributed by atoms with van der Waals surface area (Å²) in [5.41, 5.74) is 2.91. The molecule has 0 spiro atoms. The Morgan fingerprint density at radius 1 is 1.32 bits per heavy atom. The number of amides is 2.